The second-order valence-corrected chi connectivity index (χ2v) is 18.8. The Kier molecular flexibility index (Phi) is 8.33. The van der Waals surface area contributed by atoms with E-state index in [0.717, 1.165) is 94.0 Å². The van der Waals surface area contributed by atoms with Crippen molar-refractivity contribution < 1.29 is 8.83 Å². The molecule has 0 N–H and O–H groups in total. The van der Waals surface area contributed by atoms with E-state index >= 15 is 0 Å². The zero-order valence-corrected chi connectivity index (χ0v) is 37.6. The molecule has 2 aromatic heterocycles. The molecule has 0 fully saturated rings. The molecular formula is C65H43NO2. The van der Waals surface area contributed by atoms with Gasteiger partial charge in [-0.05, 0) is 115 Å². The van der Waals surface area contributed by atoms with Gasteiger partial charge in [-0.25, -0.2) is 0 Å². The van der Waals surface area contributed by atoms with Crippen LogP contribution in [0.2, 0.25) is 0 Å². The van der Waals surface area contributed by atoms with Crippen LogP contribution in [0.25, 0.3) is 110 Å². The first-order valence-electron chi connectivity index (χ1n) is 23.5. The minimum absolute atomic E-state index is 0.0636. The van der Waals surface area contributed by atoms with Crippen LogP contribution in [0.3, 0.4) is 0 Å². The maximum atomic E-state index is 6.77. The Balaban J connectivity index is 0.882. The Morgan fingerprint density at radius 2 is 0.794 bits per heavy atom. The average Bonchev–Trinajstić information content (AvgIpc) is 4.05. The lowest BCUT2D eigenvalue weighted by atomic mass is 9.82. The molecule has 14 rings (SSSR count). The van der Waals surface area contributed by atoms with E-state index in [1.807, 2.05) is 0 Å². The molecular weight excluding hydrogens is 827 g/mol. The number of rotatable bonds is 6. The van der Waals surface area contributed by atoms with E-state index in [1.54, 1.807) is 0 Å². The summed E-state index contributed by atoms with van der Waals surface area (Å²) in [6.45, 7) is 4.69. The molecule has 68 heavy (non-hydrogen) atoms. The van der Waals surface area contributed by atoms with E-state index in [9.17, 15) is 0 Å². The number of anilines is 3. The normalized spacial score (nSPS) is 13.0. The summed E-state index contributed by atoms with van der Waals surface area (Å²) >= 11 is 0. The van der Waals surface area contributed by atoms with Crippen LogP contribution in [0.1, 0.15) is 25.0 Å². The summed E-state index contributed by atoms with van der Waals surface area (Å²) in [6.07, 6.45) is 0. The van der Waals surface area contributed by atoms with Gasteiger partial charge in [-0.1, -0.05) is 184 Å². The van der Waals surface area contributed by atoms with Crippen LogP contribution in [-0.2, 0) is 5.41 Å². The summed E-state index contributed by atoms with van der Waals surface area (Å²) in [4.78, 5) is 2.36. The molecule has 0 radical (unpaired) electrons. The summed E-state index contributed by atoms with van der Waals surface area (Å²) in [5.74, 6) is 0. The highest BCUT2D eigenvalue weighted by Crippen LogP contribution is 2.52. The van der Waals surface area contributed by atoms with Gasteiger partial charge in [-0.2, -0.15) is 0 Å². The first kappa shape index (κ1) is 38.6. The van der Waals surface area contributed by atoms with Crippen LogP contribution in [0.15, 0.2) is 233 Å². The summed E-state index contributed by atoms with van der Waals surface area (Å²) in [6, 6.07) is 81.3. The molecule has 11 aromatic carbocycles. The molecule has 0 atom stereocenters. The second kappa shape index (κ2) is 14.7. The summed E-state index contributed by atoms with van der Waals surface area (Å²) in [5.41, 5.74) is 19.1. The van der Waals surface area contributed by atoms with Gasteiger partial charge in [0.1, 0.15) is 22.3 Å². The zero-order valence-electron chi connectivity index (χ0n) is 37.6. The van der Waals surface area contributed by atoms with Crippen molar-refractivity contribution in [1.29, 1.82) is 0 Å². The fourth-order valence-electron chi connectivity index (χ4n) is 11.4. The van der Waals surface area contributed by atoms with Crippen LogP contribution < -0.4 is 4.90 Å². The number of para-hydroxylation sites is 1. The molecule has 0 bridgehead atoms. The SMILES string of the molecule is CC1(C)c2ccccc2-c2c(-c3ccc(N(c4ccc(-c5cccc6c5oc5c7ccccc7ccc65)cc4)c4ccc(-c5cccc6oc7c8ccccc8ccc7c56)cc4)cc3)cccc21. The molecule has 0 saturated heterocycles. The van der Waals surface area contributed by atoms with Crippen molar-refractivity contribution in [3.05, 3.63) is 236 Å². The van der Waals surface area contributed by atoms with E-state index < -0.39 is 0 Å². The maximum Gasteiger partial charge on any atom is 0.143 e. The van der Waals surface area contributed by atoms with Crippen molar-refractivity contribution in [1.82, 2.24) is 0 Å². The largest absolute Gasteiger partial charge is 0.455 e. The summed E-state index contributed by atoms with van der Waals surface area (Å²) in [5, 5.41) is 9.12. The zero-order chi connectivity index (χ0) is 45.1. The third-order valence-corrected chi connectivity index (χ3v) is 14.7. The lowest BCUT2D eigenvalue weighted by Gasteiger charge is -2.26. The fraction of sp³-hybridized carbons (Fsp3) is 0.0462. The highest BCUT2D eigenvalue weighted by Gasteiger charge is 2.36. The monoisotopic (exact) mass is 869 g/mol. The third-order valence-electron chi connectivity index (χ3n) is 14.7. The molecule has 3 heteroatoms. The molecule has 0 aliphatic heterocycles. The number of fused-ring (bicyclic) bond motifs is 13. The Labute approximate surface area is 393 Å². The van der Waals surface area contributed by atoms with E-state index in [2.05, 4.69) is 243 Å². The molecule has 0 amide bonds. The first-order chi connectivity index (χ1) is 33.5. The van der Waals surface area contributed by atoms with Crippen molar-refractivity contribution in [2.24, 2.45) is 0 Å². The minimum atomic E-state index is -0.0636. The quantitative estimate of drug-likeness (QED) is 0.167. The van der Waals surface area contributed by atoms with Gasteiger partial charge in [-0.3, -0.25) is 0 Å². The molecule has 1 aliphatic carbocycles. The van der Waals surface area contributed by atoms with Gasteiger partial charge in [0.15, 0.2) is 0 Å². The number of furan rings is 2. The molecule has 3 nitrogen and oxygen atoms in total. The Bertz CT molecular complexity index is 4150. The minimum Gasteiger partial charge on any atom is -0.455 e. The van der Waals surface area contributed by atoms with Crippen molar-refractivity contribution >= 4 is 82.5 Å². The van der Waals surface area contributed by atoms with E-state index in [-0.39, 0.29) is 5.41 Å². The topological polar surface area (TPSA) is 29.5 Å². The summed E-state index contributed by atoms with van der Waals surface area (Å²) < 4.78 is 13.4. The van der Waals surface area contributed by atoms with Crippen molar-refractivity contribution in [2.45, 2.75) is 19.3 Å². The highest BCUT2D eigenvalue weighted by atomic mass is 16.3. The predicted octanol–water partition coefficient (Wildman–Crippen LogP) is 18.6. The Morgan fingerprint density at radius 3 is 1.49 bits per heavy atom. The first-order valence-corrected chi connectivity index (χ1v) is 23.5. The molecule has 0 unspecified atom stereocenters. The molecule has 13 aromatic rings. The predicted molar refractivity (Wildman–Crippen MR) is 285 cm³/mol. The number of nitrogens with zero attached hydrogens (tertiary/aromatic N) is 1. The molecule has 0 saturated carbocycles. The average molecular weight is 870 g/mol. The van der Waals surface area contributed by atoms with Crippen LogP contribution >= 0.6 is 0 Å². The van der Waals surface area contributed by atoms with Gasteiger partial charge in [-0.15, -0.1) is 0 Å². The molecule has 1 aliphatic rings. The number of hydrogen-bond acceptors (Lipinski definition) is 3. The van der Waals surface area contributed by atoms with Gasteiger partial charge >= 0.3 is 0 Å². The lowest BCUT2D eigenvalue weighted by molar-refractivity contribution is 0.660. The number of hydrogen-bond donors (Lipinski definition) is 0. The smallest absolute Gasteiger partial charge is 0.143 e. The fourth-order valence-corrected chi connectivity index (χ4v) is 11.4. The standard InChI is InChI=1S/C65H43NO2/c1-65(2)57-21-8-7-16-55(57)60-48(17-10-22-58(60)65)42-24-32-45(33-25-42)66(46-34-26-43(27-35-46)49-18-11-23-59-61(49)56-39-31-41-13-4-6-15-51(41)64(56)67-59)47-36-28-44(29-37-47)52-19-9-20-53-54-38-30-40-12-3-5-14-50(40)63(54)68-62(52)53/h3-39H,1-2H3. The van der Waals surface area contributed by atoms with Crippen molar-refractivity contribution in [3.8, 4) is 44.5 Å². The Morgan fingerprint density at radius 1 is 0.324 bits per heavy atom. The van der Waals surface area contributed by atoms with Crippen LogP contribution in [-0.4, -0.2) is 0 Å². The van der Waals surface area contributed by atoms with Crippen LogP contribution in [0, 0.1) is 0 Å². The molecule has 2 heterocycles. The van der Waals surface area contributed by atoms with Gasteiger partial charge in [0.2, 0.25) is 0 Å². The van der Waals surface area contributed by atoms with Gasteiger partial charge in [0.05, 0.1) is 0 Å². The lowest BCUT2D eigenvalue weighted by Crippen LogP contribution is -2.14. The number of benzene rings is 11. The highest BCUT2D eigenvalue weighted by molar-refractivity contribution is 6.19. The second-order valence-electron chi connectivity index (χ2n) is 18.8. The van der Waals surface area contributed by atoms with Crippen LogP contribution in [0.4, 0.5) is 17.1 Å². The van der Waals surface area contributed by atoms with E-state index in [4.69, 9.17) is 8.83 Å². The Hall–Kier alpha value is -8.66. The van der Waals surface area contributed by atoms with Gasteiger partial charge < -0.3 is 13.7 Å². The van der Waals surface area contributed by atoms with E-state index in [1.165, 1.54) is 44.2 Å². The van der Waals surface area contributed by atoms with Gasteiger partial charge in [0, 0.05) is 60.4 Å². The van der Waals surface area contributed by atoms with E-state index in [0.29, 0.717) is 0 Å². The molecule has 320 valence electrons. The summed E-state index contributed by atoms with van der Waals surface area (Å²) in [7, 11) is 0. The maximum absolute atomic E-state index is 6.77. The van der Waals surface area contributed by atoms with Crippen molar-refractivity contribution in [3.63, 3.8) is 0 Å². The third kappa shape index (κ3) is 5.72. The van der Waals surface area contributed by atoms with Crippen LogP contribution in [0.5, 0.6) is 0 Å². The van der Waals surface area contributed by atoms with Gasteiger partial charge in [0.25, 0.3) is 0 Å². The van der Waals surface area contributed by atoms with Crippen molar-refractivity contribution in [2.75, 3.05) is 4.90 Å². The molecule has 0 spiro atoms.